The number of pyridine rings is 1. The number of hydrogen-bond acceptors (Lipinski definition) is 2. The summed E-state index contributed by atoms with van der Waals surface area (Å²) >= 11 is 0. The summed E-state index contributed by atoms with van der Waals surface area (Å²) in [5, 5.41) is 3.90. The molecule has 1 atom stereocenters. The van der Waals surface area contributed by atoms with Crippen molar-refractivity contribution in [2.24, 2.45) is 0 Å². The van der Waals surface area contributed by atoms with Gasteiger partial charge in [0.05, 0.1) is 11.1 Å². The zero-order valence-corrected chi connectivity index (χ0v) is 11.0. The van der Waals surface area contributed by atoms with Crippen molar-refractivity contribution >= 4 is 16.8 Å². The van der Waals surface area contributed by atoms with Gasteiger partial charge in [0.2, 0.25) is 0 Å². The second-order valence-electron chi connectivity index (χ2n) is 4.61. The van der Waals surface area contributed by atoms with Crippen LogP contribution in [0.25, 0.3) is 10.9 Å². The molecule has 0 aliphatic carbocycles. The van der Waals surface area contributed by atoms with Gasteiger partial charge in [-0.05, 0) is 32.4 Å². The van der Waals surface area contributed by atoms with Gasteiger partial charge in [-0.1, -0.05) is 25.1 Å². The lowest BCUT2D eigenvalue weighted by Gasteiger charge is -2.13. The molecule has 1 heterocycles. The van der Waals surface area contributed by atoms with Crippen molar-refractivity contribution < 1.29 is 4.79 Å². The molecule has 0 fully saturated rings. The van der Waals surface area contributed by atoms with E-state index in [9.17, 15) is 4.79 Å². The second-order valence-corrected chi connectivity index (χ2v) is 4.61. The summed E-state index contributed by atoms with van der Waals surface area (Å²) in [7, 11) is 0. The number of nitrogens with one attached hydrogen (secondary N) is 1. The fourth-order valence-corrected chi connectivity index (χ4v) is 1.90. The molecule has 2 aromatic rings. The van der Waals surface area contributed by atoms with Crippen molar-refractivity contribution in [1.82, 2.24) is 10.3 Å². The predicted octanol–water partition coefficient (Wildman–Crippen LogP) is 3.07. The van der Waals surface area contributed by atoms with Gasteiger partial charge in [0, 0.05) is 17.1 Å². The molecule has 0 bridgehead atoms. The van der Waals surface area contributed by atoms with Crippen molar-refractivity contribution in [1.29, 1.82) is 0 Å². The van der Waals surface area contributed by atoms with E-state index in [-0.39, 0.29) is 11.9 Å². The number of carbonyl (C=O) groups is 1. The van der Waals surface area contributed by atoms with E-state index in [4.69, 9.17) is 0 Å². The molecule has 0 radical (unpaired) electrons. The van der Waals surface area contributed by atoms with Crippen LogP contribution in [0.2, 0.25) is 0 Å². The number of aromatic nitrogens is 1. The molecule has 1 unspecified atom stereocenters. The van der Waals surface area contributed by atoms with E-state index in [0.717, 1.165) is 23.0 Å². The summed E-state index contributed by atoms with van der Waals surface area (Å²) in [5.74, 6) is -0.0222. The summed E-state index contributed by atoms with van der Waals surface area (Å²) in [4.78, 5) is 16.7. The van der Waals surface area contributed by atoms with Crippen LogP contribution >= 0.6 is 0 Å². The van der Waals surface area contributed by atoms with Crippen LogP contribution in [0.4, 0.5) is 0 Å². The van der Waals surface area contributed by atoms with Crippen molar-refractivity contribution in [2.75, 3.05) is 0 Å². The molecule has 1 aromatic carbocycles. The topological polar surface area (TPSA) is 42.0 Å². The maximum absolute atomic E-state index is 12.2. The molecule has 18 heavy (non-hydrogen) atoms. The summed E-state index contributed by atoms with van der Waals surface area (Å²) in [5.41, 5.74) is 2.44. The Hall–Kier alpha value is -1.90. The zero-order valence-electron chi connectivity index (χ0n) is 11.0. The van der Waals surface area contributed by atoms with E-state index in [1.165, 1.54) is 0 Å². The average Bonchev–Trinajstić information content (AvgIpc) is 2.37. The molecule has 0 saturated heterocycles. The van der Waals surface area contributed by atoms with Crippen LogP contribution in [-0.4, -0.2) is 16.9 Å². The number of para-hydroxylation sites is 1. The van der Waals surface area contributed by atoms with Crippen LogP contribution in [0.3, 0.4) is 0 Å². The molecule has 1 aromatic heterocycles. The number of rotatable bonds is 3. The normalized spacial score (nSPS) is 12.4. The standard InChI is InChI=1S/C15H18N2O/c1-4-10(2)17-15(18)13-9-11(3)16-14-8-6-5-7-12(13)14/h5-10H,4H2,1-3H3,(H,17,18). The smallest absolute Gasteiger partial charge is 0.252 e. The van der Waals surface area contributed by atoms with Crippen LogP contribution in [0.1, 0.15) is 36.3 Å². The molecular weight excluding hydrogens is 224 g/mol. The highest BCUT2D eigenvalue weighted by molar-refractivity contribution is 6.06. The van der Waals surface area contributed by atoms with E-state index in [1.807, 2.05) is 44.2 Å². The molecule has 3 heteroatoms. The average molecular weight is 242 g/mol. The quantitative estimate of drug-likeness (QED) is 0.898. The molecule has 1 N–H and O–H groups in total. The number of nitrogens with zero attached hydrogens (tertiary/aromatic N) is 1. The summed E-state index contributed by atoms with van der Waals surface area (Å²) in [6, 6.07) is 9.77. The fraction of sp³-hybridized carbons (Fsp3) is 0.333. The molecule has 0 spiro atoms. The Morgan fingerprint density at radius 3 is 2.83 bits per heavy atom. The second kappa shape index (κ2) is 5.17. The monoisotopic (exact) mass is 242 g/mol. The Kier molecular flexibility index (Phi) is 3.60. The van der Waals surface area contributed by atoms with Gasteiger partial charge in [-0.25, -0.2) is 0 Å². The van der Waals surface area contributed by atoms with E-state index < -0.39 is 0 Å². The number of benzene rings is 1. The number of carbonyl (C=O) groups excluding carboxylic acids is 1. The van der Waals surface area contributed by atoms with Gasteiger partial charge in [-0.2, -0.15) is 0 Å². The third kappa shape index (κ3) is 2.50. The van der Waals surface area contributed by atoms with Gasteiger partial charge in [0.25, 0.3) is 5.91 Å². The minimum absolute atomic E-state index is 0.0222. The first kappa shape index (κ1) is 12.6. The highest BCUT2D eigenvalue weighted by atomic mass is 16.1. The van der Waals surface area contributed by atoms with Crippen molar-refractivity contribution in [3.05, 3.63) is 41.6 Å². The van der Waals surface area contributed by atoms with Gasteiger partial charge in [-0.15, -0.1) is 0 Å². The Morgan fingerprint density at radius 1 is 1.39 bits per heavy atom. The van der Waals surface area contributed by atoms with Gasteiger partial charge in [0.15, 0.2) is 0 Å². The van der Waals surface area contributed by atoms with Crippen LogP contribution in [-0.2, 0) is 0 Å². The van der Waals surface area contributed by atoms with E-state index in [0.29, 0.717) is 5.56 Å². The summed E-state index contributed by atoms with van der Waals surface area (Å²) < 4.78 is 0. The molecule has 3 nitrogen and oxygen atoms in total. The molecule has 0 saturated carbocycles. The Labute approximate surface area is 107 Å². The van der Waals surface area contributed by atoms with Crippen LogP contribution < -0.4 is 5.32 Å². The number of fused-ring (bicyclic) bond motifs is 1. The summed E-state index contributed by atoms with van der Waals surface area (Å²) in [6.45, 7) is 5.97. The van der Waals surface area contributed by atoms with Crippen molar-refractivity contribution in [2.45, 2.75) is 33.2 Å². The highest BCUT2D eigenvalue weighted by Crippen LogP contribution is 2.18. The first-order valence-corrected chi connectivity index (χ1v) is 6.29. The zero-order chi connectivity index (χ0) is 13.1. The fourth-order valence-electron chi connectivity index (χ4n) is 1.90. The maximum Gasteiger partial charge on any atom is 0.252 e. The van der Waals surface area contributed by atoms with Crippen molar-refractivity contribution in [3.63, 3.8) is 0 Å². The minimum Gasteiger partial charge on any atom is -0.350 e. The number of amides is 1. The Balaban J connectivity index is 2.46. The first-order chi connectivity index (χ1) is 8.61. The summed E-state index contributed by atoms with van der Waals surface area (Å²) in [6.07, 6.45) is 0.924. The lowest BCUT2D eigenvalue weighted by Crippen LogP contribution is -2.32. The molecule has 0 aliphatic heterocycles. The molecule has 94 valence electrons. The molecular formula is C15H18N2O. The van der Waals surface area contributed by atoms with Crippen LogP contribution in [0.5, 0.6) is 0 Å². The minimum atomic E-state index is -0.0222. The van der Waals surface area contributed by atoms with Gasteiger partial charge < -0.3 is 5.32 Å². The third-order valence-electron chi connectivity index (χ3n) is 3.08. The molecule has 1 amide bonds. The first-order valence-electron chi connectivity index (χ1n) is 6.29. The van der Waals surface area contributed by atoms with E-state index >= 15 is 0 Å². The molecule has 0 aliphatic rings. The lowest BCUT2D eigenvalue weighted by molar-refractivity contribution is 0.0941. The maximum atomic E-state index is 12.2. The molecule has 2 rings (SSSR count). The van der Waals surface area contributed by atoms with Crippen LogP contribution in [0, 0.1) is 6.92 Å². The number of hydrogen-bond donors (Lipinski definition) is 1. The van der Waals surface area contributed by atoms with E-state index in [1.54, 1.807) is 0 Å². The van der Waals surface area contributed by atoms with E-state index in [2.05, 4.69) is 17.2 Å². The number of aryl methyl sites for hydroxylation is 1. The SMILES string of the molecule is CCC(C)NC(=O)c1cc(C)nc2ccccc12. The Bertz CT molecular complexity index is 578. The largest absolute Gasteiger partial charge is 0.350 e. The van der Waals surface area contributed by atoms with Gasteiger partial charge in [0.1, 0.15) is 0 Å². The van der Waals surface area contributed by atoms with Gasteiger partial charge in [-0.3, -0.25) is 9.78 Å². The lowest BCUT2D eigenvalue weighted by atomic mass is 10.1. The predicted molar refractivity (Wildman–Crippen MR) is 73.7 cm³/mol. The van der Waals surface area contributed by atoms with Crippen molar-refractivity contribution in [3.8, 4) is 0 Å². The van der Waals surface area contributed by atoms with Gasteiger partial charge >= 0.3 is 0 Å². The van der Waals surface area contributed by atoms with Crippen LogP contribution in [0.15, 0.2) is 30.3 Å². The Morgan fingerprint density at radius 2 is 2.11 bits per heavy atom. The third-order valence-corrected chi connectivity index (χ3v) is 3.08. The highest BCUT2D eigenvalue weighted by Gasteiger charge is 2.13.